The Labute approximate surface area is 148 Å². The smallest absolute Gasteiger partial charge is 0.223 e. The maximum atomic E-state index is 13.1. The zero-order valence-electron chi connectivity index (χ0n) is 14.1. The third-order valence-electron chi connectivity index (χ3n) is 4.79. The lowest BCUT2D eigenvalue weighted by Gasteiger charge is -2.08. The van der Waals surface area contributed by atoms with Crippen LogP contribution in [0.25, 0.3) is 0 Å². The van der Waals surface area contributed by atoms with Gasteiger partial charge in [-0.15, -0.1) is 0 Å². The second kappa shape index (κ2) is 6.70. The van der Waals surface area contributed by atoms with Crippen molar-refractivity contribution in [3.63, 3.8) is 0 Å². The summed E-state index contributed by atoms with van der Waals surface area (Å²) in [6.07, 6.45) is 6.37. The van der Waals surface area contributed by atoms with E-state index >= 15 is 0 Å². The maximum absolute atomic E-state index is 13.1. The molecule has 0 N–H and O–H groups in total. The summed E-state index contributed by atoms with van der Waals surface area (Å²) in [6, 6.07) is 19.2. The second-order valence-corrected chi connectivity index (χ2v) is 6.56. The molecule has 0 saturated carbocycles. The van der Waals surface area contributed by atoms with E-state index in [1.165, 1.54) is 12.8 Å². The molecular weight excluding hydrogens is 308 g/mol. The molecule has 2 aliphatic rings. The first-order chi connectivity index (χ1) is 12.3. The van der Waals surface area contributed by atoms with E-state index in [0.717, 1.165) is 24.0 Å². The van der Waals surface area contributed by atoms with Gasteiger partial charge in [0.15, 0.2) is 0 Å². The number of hydrogen-bond acceptors (Lipinski definition) is 2. The topological polar surface area (TPSA) is 29.6 Å². The number of carbonyl (C=O) groups is 1. The molecule has 2 aromatic rings. The van der Waals surface area contributed by atoms with Gasteiger partial charge in [0.1, 0.15) is 6.10 Å². The molecule has 0 unspecified atom stereocenters. The molecule has 0 bridgehead atoms. The van der Waals surface area contributed by atoms with Crippen LogP contribution in [-0.4, -0.2) is 11.4 Å². The lowest BCUT2D eigenvalue weighted by Crippen LogP contribution is -2.24. The van der Waals surface area contributed by atoms with E-state index in [0.29, 0.717) is 5.56 Å². The van der Waals surface area contributed by atoms with Crippen molar-refractivity contribution in [2.45, 2.75) is 37.4 Å². The highest BCUT2D eigenvalue weighted by Gasteiger charge is 2.62. The SMILES string of the molecule is O=C(c1ccccc1)[C@@]1(C#CC2=CCCCC2)O[C@@H]1c1ccccc1. The quantitative estimate of drug-likeness (QED) is 0.456. The monoisotopic (exact) mass is 328 g/mol. The number of epoxide rings is 1. The summed E-state index contributed by atoms with van der Waals surface area (Å²) >= 11 is 0. The molecule has 2 atom stereocenters. The average molecular weight is 328 g/mol. The van der Waals surface area contributed by atoms with E-state index < -0.39 is 5.60 Å². The van der Waals surface area contributed by atoms with Crippen molar-refractivity contribution >= 4 is 5.78 Å². The summed E-state index contributed by atoms with van der Waals surface area (Å²) in [5.41, 5.74) is 1.72. The van der Waals surface area contributed by atoms with Crippen molar-refractivity contribution in [1.29, 1.82) is 0 Å². The number of benzene rings is 2. The third kappa shape index (κ3) is 3.16. The molecule has 1 heterocycles. The normalized spacial score (nSPS) is 24.6. The molecule has 1 saturated heterocycles. The Morgan fingerprint density at radius 2 is 1.72 bits per heavy atom. The standard InChI is InChI=1S/C23H20O2/c24-21(19-12-6-2-7-13-19)23(17-16-18-10-4-1-5-11-18)22(25-23)20-14-8-3-9-15-20/h2-3,6-10,12-15,22H,1,4-5,11H2/t22-,23-/m1/s1. The lowest BCUT2D eigenvalue weighted by molar-refractivity contribution is 0.0916. The fourth-order valence-corrected chi connectivity index (χ4v) is 3.34. The Bertz CT molecular complexity index is 855. The summed E-state index contributed by atoms with van der Waals surface area (Å²) in [4.78, 5) is 13.1. The minimum atomic E-state index is -1.05. The second-order valence-electron chi connectivity index (χ2n) is 6.56. The van der Waals surface area contributed by atoms with Crippen LogP contribution in [0, 0.1) is 11.8 Å². The van der Waals surface area contributed by atoms with E-state index in [4.69, 9.17) is 4.74 Å². The zero-order chi connectivity index (χ0) is 17.1. The number of allylic oxidation sites excluding steroid dienone is 2. The minimum Gasteiger partial charge on any atom is -0.339 e. The van der Waals surface area contributed by atoms with Gasteiger partial charge in [-0.1, -0.05) is 78.6 Å². The molecular formula is C23H20O2. The number of ketones is 1. The van der Waals surface area contributed by atoms with Gasteiger partial charge >= 0.3 is 0 Å². The van der Waals surface area contributed by atoms with Crippen molar-refractivity contribution in [3.8, 4) is 11.8 Å². The molecule has 0 radical (unpaired) electrons. The van der Waals surface area contributed by atoms with Crippen molar-refractivity contribution in [2.75, 3.05) is 0 Å². The summed E-state index contributed by atoms with van der Waals surface area (Å²) < 4.78 is 5.95. The van der Waals surface area contributed by atoms with Gasteiger partial charge in [-0.05, 0) is 36.8 Å². The van der Waals surface area contributed by atoms with Crippen LogP contribution in [0.15, 0.2) is 72.3 Å². The largest absolute Gasteiger partial charge is 0.339 e. The molecule has 2 aromatic carbocycles. The summed E-state index contributed by atoms with van der Waals surface area (Å²) in [5, 5.41) is 0. The molecule has 2 nitrogen and oxygen atoms in total. The highest BCUT2D eigenvalue weighted by atomic mass is 16.6. The number of carbonyl (C=O) groups excluding carboxylic acids is 1. The van der Waals surface area contributed by atoms with Crippen LogP contribution < -0.4 is 0 Å². The molecule has 124 valence electrons. The van der Waals surface area contributed by atoms with Crippen LogP contribution in [0.1, 0.15) is 47.7 Å². The van der Waals surface area contributed by atoms with Crippen LogP contribution in [0.4, 0.5) is 0 Å². The average Bonchev–Trinajstić information content (AvgIpc) is 3.44. The van der Waals surface area contributed by atoms with Gasteiger partial charge in [0.2, 0.25) is 11.4 Å². The molecule has 25 heavy (non-hydrogen) atoms. The number of rotatable bonds is 3. The van der Waals surface area contributed by atoms with Gasteiger partial charge in [-0.2, -0.15) is 0 Å². The maximum Gasteiger partial charge on any atom is 0.223 e. The van der Waals surface area contributed by atoms with E-state index in [1.54, 1.807) is 0 Å². The number of hydrogen-bond donors (Lipinski definition) is 0. The zero-order valence-corrected chi connectivity index (χ0v) is 14.1. The Balaban J connectivity index is 1.69. The first-order valence-corrected chi connectivity index (χ1v) is 8.84. The Morgan fingerprint density at radius 3 is 2.40 bits per heavy atom. The Morgan fingerprint density at radius 1 is 1.00 bits per heavy atom. The van der Waals surface area contributed by atoms with Crippen molar-refractivity contribution in [2.24, 2.45) is 0 Å². The van der Waals surface area contributed by atoms with Crippen LogP contribution in [0.2, 0.25) is 0 Å². The predicted molar refractivity (Wildman–Crippen MR) is 98.1 cm³/mol. The minimum absolute atomic E-state index is 0.0501. The fraction of sp³-hybridized carbons (Fsp3) is 0.261. The molecule has 1 aliphatic heterocycles. The number of Topliss-reactive ketones (excluding diaryl/α,β-unsaturated/α-hetero) is 1. The van der Waals surface area contributed by atoms with Gasteiger partial charge in [0.25, 0.3) is 0 Å². The summed E-state index contributed by atoms with van der Waals surface area (Å²) in [6.45, 7) is 0. The molecule has 0 aromatic heterocycles. The molecule has 0 amide bonds. The Kier molecular flexibility index (Phi) is 4.26. The summed E-state index contributed by atoms with van der Waals surface area (Å²) in [5.74, 6) is 6.39. The van der Waals surface area contributed by atoms with Crippen molar-refractivity contribution in [3.05, 3.63) is 83.4 Å². The van der Waals surface area contributed by atoms with E-state index in [2.05, 4.69) is 17.9 Å². The summed E-state index contributed by atoms with van der Waals surface area (Å²) in [7, 11) is 0. The molecule has 0 spiro atoms. The van der Waals surface area contributed by atoms with E-state index in [1.807, 2.05) is 60.7 Å². The van der Waals surface area contributed by atoms with E-state index in [-0.39, 0.29) is 11.9 Å². The molecule has 4 rings (SSSR count). The van der Waals surface area contributed by atoms with Gasteiger partial charge in [-0.25, -0.2) is 0 Å². The van der Waals surface area contributed by atoms with Gasteiger partial charge in [-0.3, -0.25) is 4.79 Å². The van der Waals surface area contributed by atoms with Crippen LogP contribution in [-0.2, 0) is 4.74 Å². The highest BCUT2D eigenvalue weighted by molar-refractivity contribution is 6.07. The van der Waals surface area contributed by atoms with Crippen LogP contribution >= 0.6 is 0 Å². The molecule has 1 aliphatic carbocycles. The predicted octanol–water partition coefficient (Wildman–Crippen LogP) is 4.88. The van der Waals surface area contributed by atoms with E-state index in [9.17, 15) is 4.79 Å². The molecule has 1 fully saturated rings. The van der Waals surface area contributed by atoms with Crippen LogP contribution in [0.3, 0.4) is 0 Å². The van der Waals surface area contributed by atoms with Crippen LogP contribution in [0.5, 0.6) is 0 Å². The molecule has 2 heteroatoms. The lowest BCUT2D eigenvalue weighted by atomic mass is 9.90. The van der Waals surface area contributed by atoms with Gasteiger partial charge in [0, 0.05) is 5.56 Å². The van der Waals surface area contributed by atoms with Crippen molar-refractivity contribution in [1.82, 2.24) is 0 Å². The fourth-order valence-electron chi connectivity index (χ4n) is 3.34. The first kappa shape index (κ1) is 15.9. The highest BCUT2D eigenvalue weighted by Crippen LogP contribution is 2.51. The third-order valence-corrected chi connectivity index (χ3v) is 4.79. The number of ether oxygens (including phenoxy) is 1. The van der Waals surface area contributed by atoms with Gasteiger partial charge < -0.3 is 4.74 Å². The van der Waals surface area contributed by atoms with Crippen molar-refractivity contribution < 1.29 is 9.53 Å². The Hall–Kier alpha value is -2.63. The van der Waals surface area contributed by atoms with Gasteiger partial charge in [0.05, 0.1) is 0 Å². The first-order valence-electron chi connectivity index (χ1n) is 8.84.